The van der Waals surface area contributed by atoms with Gasteiger partial charge in [0.25, 0.3) is 0 Å². The summed E-state index contributed by atoms with van der Waals surface area (Å²) in [6.07, 6.45) is 6.54. The maximum absolute atomic E-state index is 11.5. The summed E-state index contributed by atoms with van der Waals surface area (Å²) in [6.45, 7) is 7.14. The second-order valence-corrected chi connectivity index (χ2v) is 5.51. The highest BCUT2D eigenvalue weighted by Crippen LogP contribution is 2.34. The molecule has 1 N–H and O–H groups in total. The average molecular weight is 227 g/mol. The zero-order valence-corrected chi connectivity index (χ0v) is 10.8. The number of carbonyl (C=O) groups is 1. The third-order valence-corrected chi connectivity index (χ3v) is 3.32. The van der Waals surface area contributed by atoms with Crippen LogP contribution in [0.2, 0.25) is 0 Å². The molecule has 1 aliphatic carbocycles. The van der Waals surface area contributed by atoms with Crippen molar-refractivity contribution in [3.8, 4) is 0 Å². The van der Waals surface area contributed by atoms with Crippen LogP contribution in [0.4, 0.5) is 0 Å². The number of hydrogen-bond donors (Lipinski definition) is 1. The van der Waals surface area contributed by atoms with Crippen LogP contribution in [-0.4, -0.2) is 25.2 Å². The van der Waals surface area contributed by atoms with Crippen molar-refractivity contribution in [3.05, 3.63) is 0 Å². The van der Waals surface area contributed by atoms with Gasteiger partial charge < -0.3 is 10.1 Å². The first-order valence-corrected chi connectivity index (χ1v) is 6.40. The summed E-state index contributed by atoms with van der Waals surface area (Å²) < 4.78 is 5.26. The summed E-state index contributed by atoms with van der Waals surface area (Å²) in [7, 11) is 0. The van der Waals surface area contributed by atoms with Gasteiger partial charge in [0.2, 0.25) is 5.91 Å². The van der Waals surface area contributed by atoms with E-state index in [4.69, 9.17) is 4.74 Å². The minimum atomic E-state index is 0.0144. The van der Waals surface area contributed by atoms with Gasteiger partial charge in [-0.25, -0.2) is 0 Å². The van der Waals surface area contributed by atoms with E-state index in [2.05, 4.69) is 12.2 Å². The standard InChI is InChI=1S/C13H25NO2/c1-11(2)16-9-12(15)14-10-13(3)7-5-4-6-8-13/h11H,4-10H2,1-3H3,(H,14,15). The van der Waals surface area contributed by atoms with Crippen LogP contribution < -0.4 is 5.32 Å². The molecule has 16 heavy (non-hydrogen) atoms. The molecular weight excluding hydrogens is 202 g/mol. The van der Waals surface area contributed by atoms with Gasteiger partial charge in [-0.05, 0) is 32.1 Å². The first-order valence-electron chi connectivity index (χ1n) is 6.40. The Kier molecular flexibility index (Phi) is 5.26. The molecule has 0 saturated heterocycles. The van der Waals surface area contributed by atoms with Gasteiger partial charge in [-0.1, -0.05) is 26.2 Å². The van der Waals surface area contributed by atoms with Crippen LogP contribution in [0, 0.1) is 5.41 Å². The fraction of sp³-hybridized carbons (Fsp3) is 0.923. The van der Waals surface area contributed by atoms with Crippen molar-refractivity contribution >= 4 is 5.91 Å². The molecule has 0 bridgehead atoms. The second kappa shape index (κ2) is 6.24. The molecule has 0 radical (unpaired) electrons. The van der Waals surface area contributed by atoms with Gasteiger partial charge >= 0.3 is 0 Å². The fourth-order valence-corrected chi connectivity index (χ4v) is 2.19. The van der Waals surface area contributed by atoms with E-state index < -0.39 is 0 Å². The molecule has 3 heteroatoms. The Morgan fingerprint density at radius 3 is 2.50 bits per heavy atom. The number of rotatable bonds is 5. The third-order valence-electron chi connectivity index (χ3n) is 3.32. The minimum absolute atomic E-state index is 0.0144. The van der Waals surface area contributed by atoms with Gasteiger partial charge in [-0.2, -0.15) is 0 Å². The molecule has 0 unspecified atom stereocenters. The maximum Gasteiger partial charge on any atom is 0.246 e. The molecule has 0 spiro atoms. The van der Waals surface area contributed by atoms with Gasteiger partial charge in [0.15, 0.2) is 0 Å². The molecule has 1 amide bonds. The van der Waals surface area contributed by atoms with E-state index in [1.165, 1.54) is 32.1 Å². The van der Waals surface area contributed by atoms with Crippen molar-refractivity contribution in [1.29, 1.82) is 0 Å². The summed E-state index contributed by atoms with van der Waals surface area (Å²) in [5.41, 5.74) is 0.311. The van der Waals surface area contributed by atoms with Crippen molar-refractivity contribution in [1.82, 2.24) is 5.32 Å². The number of ether oxygens (including phenoxy) is 1. The molecule has 0 aliphatic heterocycles. The highest BCUT2D eigenvalue weighted by atomic mass is 16.5. The summed E-state index contributed by atoms with van der Waals surface area (Å²) >= 11 is 0. The van der Waals surface area contributed by atoms with Gasteiger partial charge in [0, 0.05) is 6.54 Å². The average Bonchev–Trinajstić information content (AvgIpc) is 2.25. The molecule has 94 valence electrons. The molecule has 1 aliphatic rings. The van der Waals surface area contributed by atoms with E-state index in [-0.39, 0.29) is 18.6 Å². The summed E-state index contributed by atoms with van der Waals surface area (Å²) in [5.74, 6) is 0.0144. The topological polar surface area (TPSA) is 38.3 Å². The van der Waals surface area contributed by atoms with Gasteiger partial charge in [0.1, 0.15) is 6.61 Å². The Hall–Kier alpha value is -0.570. The molecule has 0 atom stereocenters. The lowest BCUT2D eigenvalue weighted by atomic mass is 9.76. The van der Waals surface area contributed by atoms with Crippen molar-refractivity contribution in [2.75, 3.05) is 13.2 Å². The van der Waals surface area contributed by atoms with Crippen LogP contribution in [0.3, 0.4) is 0 Å². The van der Waals surface area contributed by atoms with E-state index in [1.807, 2.05) is 13.8 Å². The van der Waals surface area contributed by atoms with E-state index in [0.29, 0.717) is 5.41 Å². The quantitative estimate of drug-likeness (QED) is 0.783. The summed E-state index contributed by atoms with van der Waals surface area (Å²) in [4.78, 5) is 11.5. The lowest BCUT2D eigenvalue weighted by molar-refractivity contribution is -0.127. The van der Waals surface area contributed by atoms with Crippen LogP contribution >= 0.6 is 0 Å². The Labute approximate surface area is 98.9 Å². The first kappa shape index (κ1) is 13.5. The fourth-order valence-electron chi connectivity index (χ4n) is 2.19. The van der Waals surface area contributed by atoms with Crippen LogP contribution in [0.1, 0.15) is 52.9 Å². The maximum atomic E-state index is 11.5. The zero-order valence-electron chi connectivity index (χ0n) is 10.8. The van der Waals surface area contributed by atoms with E-state index in [9.17, 15) is 4.79 Å². The van der Waals surface area contributed by atoms with Crippen molar-refractivity contribution < 1.29 is 9.53 Å². The van der Waals surface area contributed by atoms with Gasteiger partial charge in [-0.15, -0.1) is 0 Å². The van der Waals surface area contributed by atoms with Crippen molar-refractivity contribution in [2.45, 2.75) is 59.0 Å². The SMILES string of the molecule is CC(C)OCC(=O)NCC1(C)CCCCC1. The summed E-state index contributed by atoms with van der Waals surface area (Å²) in [6, 6.07) is 0. The molecule has 1 fully saturated rings. The smallest absolute Gasteiger partial charge is 0.246 e. The minimum Gasteiger partial charge on any atom is -0.369 e. The predicted octanol–water partition coefficient (Wildman–Crippen LogP) is 2.50. The molecule has 3 nitrogen and oxygen atoms in total. The predicted molar refractivity (Wildman–Crippen MR) is 65.3 cm³/mol. The molecular formula is C13H25NO2. The molecule has 0 aromatic carbocycles. The molecule has 0 aromatic heterocycles. The molecule has 0 aromatic rings. The van der Waals surface area contributed by atoms with Crippen LogP contribution in [0.5, 0.6) is 0 Å². The van der Waals surface area contributed by atoms with E-state index >= 15 is 0 Å². The zero-order chi connectivity index (χ0) is 12.0. The largest absolute Gasteiger partial charge is 0.369 e. The lowest BCUT2D eigenvalue weighted by Gasteiger charge is -2.33. The highest BCUT2D eigenvalue weighted by Gasteiger charge is 2.26. The highest BCUT2D eigenvalue weighted by molar-refractivity contribution is 5.77. The molecule has 1 rings (SSSR count). The molecule has 1 saturated carbocycles. The second-order valence-electron chi connectivity index (χ2n) is 5.51. The number of hydrogen-bond acceptors (Lipinski definition) is 2. The normalized spacial score (nSPS) is 19.8. The van der Waals surface area contributed by atoms with Crippen LogP contribution in [0.25, 0.3) is 0 Å². The Bertz CT molecular complexity index is 220. The lowest BCUT2D eigenvalue weighted by Crippen LogP contribution is -2.38. The van der Waals surface area contributed by atoms with Crippen LogP contribution in [-0.2, 0) is 9.53 Å². The summed E-state index contributed by atoms with van der Waals surface area (Å²) in [5, 5.41) is 2.98. The van der Waals surface area contributed by atoms with Gasteiger partial charge in [0.05, 0.1) is 6.10 Å². The van der Waals surface area contributed by atoms with E-state index in [1.54, 1.807) is 0 Å². The first-order chi connectivity index (χ1) is 7.52. The Balaban J connectivity index is 2.19. The van der Waals surface area contributed by atoms with Crippen LogP contribution in [0.15, 0.2) is 0 Å². The number of amides is 1. The Morgan fingerprint density at radius 1 is 1.31 bits per heavy atom. The monoisotopic (exact) mass is 227 g/mol. The van der Waals surface area contributed by atoms with E-state index in [0.717, 1.165) is 6.54 Å². The molecule has 0 heterocycles. The van der Waals surface area contributed by atoms with Crippen molar-refractivity contribution in [2.24, 2.45) is 5.41 Å². The number of carbonyl (C=O) groups excluding carboxylic acids is 1. The third kappa shape index (κ3) is 4.97. The van der Waals surface area contributed by atoms with Crippen molar-refractivity contribution in [3.63, 3.8) is 0 Å². The van der Waals surface area contributed by atoms with Gasteiger partial charge in [-0.3, -0.25) is 4.79 Å². The number of nitrogens with one attached hydrogen (secondary N) is 1. The Morgan fingerprint density at radius 2 is 1.94 bits per heavy atom.